The highest BCUT2D eigenvalue weighted by Gasteiger charge is 2.46. The van der Waals surface area contributed by atoms with E-state index >= 15 is 0 Å². The van der Waals surface area contributed by atoms with Crippen molar-refractivity contribution in [2.45, 2.75) is 31.8 Å². The summed E-state index contributed by atoms with van der Waals surface area (Å²) in [5, 5.41) is 3.32. The van der Waals surface area contributed by atoms with E-state index in [1.807, 2.05) is 12.1 Å². The van der Waals surface area contributed by atoms with Crippen molar-refractivity contribution in [3.8, 4) is 0 Å². The summed E-state index contributed by atoms with van der Waals surface area (Å²) >= 11 is 0. The van der Waals surface area contributed by atoms with Crippen molar-refractivity contribution in [1.82, 2.24) is 5.32 Å². The molecule has 4 nitrogen and oxygen atoms in total. The van der Waals surface area contributed by atoms with E-state index in [9.17, 15) is 4.79 Å². The Morgan fingerprint density at radius 1 is 1.37 bits per heavy atom. The molecule has 1 N–H and O–H groups in total. The van der Waals surface area contributed by atoms with Crippen LogP contribution >= 0.6 is 0 Å². The molecule has 1 amide bonds. The fourth-order valence-corrected chi connectivity index (χ4v) is 2.90. The molecule has 0 radical (unpaired) electrons. The summed E-state index contributed by atoms with van der Waals surface area (Å²) in [5.41, 5.74) is 1.90. The second-order valence-electron chi connectivity index (χ2n) is 5.44. The summed E-state index contributed by atoms with van der Waals surface area (Å²) in [6.07, 6.45) is 2.82. The number of ether oxygens (including phenoxy) is 1. The highest BCUT2D eigenvalue weighted by Crippen LogP contribution is 2.32. The molecule has 1 atom stereocenters. The molecule has 19 heavy (non-hydrogen) atoms. The third kappa shape index (κ3) is 2.32. The van der Waals surface area contributed by atoms with Crippen LogP contribution in [0.5, 0.6) is 0 Å². The van der Waals surface area contributed by atoms with Crippen LogP contribution in [0.1, 0.15) is 25.3 Å². The van der Waals surface area contributed by atoms with Gasteiger partial charge in [-0.25, -0.2) is 4.79 Å². The molecule has 1 unspecified atom stereocenters. The number of rotatable bonds is 2. The lowest BCUT2D eigenvalue weighted by Crippen LogP contribution is -2.48. The molecule has 2 aliphatic rings. The molecule has 4 heteroatoms. The smallest absolute Gasteiger partial charge is 0.415 e. The van der Waals surface area contributed by atoms with Gasteiger partial charge >= 0.3 is 6.09 Å². The topological polar surface area (TPSA) is 41.6 Å². The van der Waals surface area contributed by atoms with E-state index in [0.717, 1.165) is 38.0 Å². The Kier molecular flexibility index (Phi) is 3.19. The number of carbonyl (C=O) groups excluding carboxylic acids is 1. The van der Waals surface area contributed by atoms with E-state index in [0.29, 0.717) is 6.54 Å². The van der Waals surface area contributed by atoms with Crippen LogP contribution in [-0.2, 0) is 11.2 Å². The maximum Gasteiger partial charge on any atom is 0.415 e. The quantitative estimate of drug-likeness (QED) is 0.887. The number of carbonyl (C=O) groups is 1. The van der Waals surface area contributed by atoms with Crippen LogP contribution in [0.2, 0.25) is 0 Å². The maximum absolute atomic E-state index is 12.1. The third-order valence-electron chi connectivity index (χ3n) is 4.06. The van der Waals surface area contributed by atoms with Gasteiger partial charge in [0.1, 0.15) is 5.60 Å². The van der Waals surface area contributed by atoms with Crippen LogP contribution in [0, 0.1) is 0 Å². The lowest BCUT2D eigenvalue weighted by Gasteiger charge is -2.31. The lowest BCUT2D eigenvalue weighted by atomic mass is 9.94. The number of benzene rings is 1. The van der Waals surface area contributed by atoms with E-state index in [-0.39, 0.29) is 11.7 Å². The molecule has 2 aliphatic heterocycles. The Morgan fingerprint density at radius 2 is 2.16 bits per heavy atom. The number of anilines is 1. The van der Waals surface area contributed by atoms with Gasteiger partial charge in [-0.3, -0.25) is 4.90 Å². The first-order valence-electron chi connectivity index (χ1n) is 7.03. The van der Waals surface area contributed by atoms with Gasteiger partial charge in [0.05, 0.1) is 6.54 Å². The SMILES string of the molecule is CCc1ccc(N2CC3(CCCNC3)OC2=O)cc1. The predicted octanol–water partition coefficient (Wildman–Crippen LogP) is 2.33. The van der Waals surface area contributed by atoms with Crippen molar-refractivity contribution in [2.75, 3.05) is 24.5 Å². The molecule has 3 rings (SSSR count). The second-order valence-corrected chi connectivity index (χ2v) is 5.44. The van der Waals surface area contributed by atoms with E-state index in [1.54, 1.807) is 4.90 Å². The van der Waals surface area contributed by atoms with E-state index < -0.39 is 0 Å². The number of nitrogens with one attached hydrogen (secondary N) is 1. The van der Waals surface area contributed by atoms with E-state index in [2.05, 4.69) is 24.4 Å². The van der Waals surface area contributed by atoms with Crippen LogP contribution in [-0.4, -0.2) is 31.3 Å². The van der Waals surface area contributed by atoms with E-state index in [4.69, 9.17) is 4.74 Å². The Balaban J connectivity index is 1.79. The van der Waals surface area contributed by atoms with Gasteiger partial charge in [0.15, 0.2) is 0 Å². The third-order valence-corrected chi connectivity index (χ3v) is 4.06. The molecule has 0 saturated carbocycles. The van der Waals surface area contributed by atoms with Gasteiger partial charge in [0, 0.05) is 12.2 Å². The zero-order chi connectivity index (χ0) is 13.3. The Morgan fingerprint density at radius 3 is 2.79 bits per heavy atom. The van der Waals surface area contributed by atoms with Crippen molar-refractivity contribution >= 4 is 11.8 Å². The van der Waals surface area contributed by atoms with Gasteiger partial charge in [0.25, 0.3) is 0 Å². The van der Waals surface area contributed by atoms with Crippen molar-refractivity contribution in [3.05, 3.63) is 29.8 Å². The van der Waals surface area contributed by atoms with Gasteiger partial charge in [-0.15, -0.1) is 0 Å². The summed E-state index contributed by atoms with van der Waals surface area (Å²) in [6, 6.07) is 8.17. The minimum Gasteiger partial charge on any atom is -0.439 e. The largest absolute Gasteiger partial charge is 0.439 e. The molecular formula is C15H20N2O2. The van der Waals surface area contributed by atoms with Crippen LogP contribution in [0.4, 0.5) is 10.5 Å². The predicted molar refractivity (Wildman–Crippen MR) is 74.5 cm³/mol. The Labute approximate surface area is 113 Å². The summed E-state index contributed by atoms with van der Waals surface area (Å²) in [7, 11) is 0. The van der Waals surface area contributed by atoms with Gasteiger partial charge in [0.2, 0.25) is 0 Å². The maximum atomic E-state index is 12.1. The first-order valence-corrected chi connectivity index (χ1v) is 7.03. The molecule has 1 aromatic rings. The zero-order valence-corrected chi connectivity index (χ0v) is 11.3. The molecule has 1 aromatic carbocycles. The van der Waals surface area contributed by atoms with E-state index in [1.165, 1.54) is 5.56 Å². The summed E-state index contributed by atoms with van der Waals surface area (Å²) in [6.45, 7) is 4.57. The number of amides is 1. The zero-order valence-electron chi connectivity index (χ0n) is 11.3. The number of aryl methyl sites for hydroxylation is 1. The van der Waals surface area contributed by atoms with Gasteiger partial charge in [-0.1, -0.05) is 19.1 Å². The molecular weight excluding hydrogens is 240 g/mol. The normalized spacial score (nSPS) is 26.8. The second kappa shape index (κ2) is 4.85. The van der Waals surface area contributed by atoms with Crippen LogP contribution in [0.25, 0.3) is 0 Å². The Bertz CT molecular complexity index is 464. The number of nitrogens with zero attached hydrogens (tertiary/aromatic N) is 1. The minimum absolute atomic E-state index is 0.215. The molecule has 102 valence electrons. The molecule has 0 aromatic heterocycles. The van der Waals surface area contributed by atoms with Gasteiger partial charge in [-0.2, -0.15) is 0 Å². The summed E-state index contributed by atoms with van der Waals surface area (Å²) in [5.74, 6) is 0. The highest BCUT2D eigenvalue weighted by molar-refractivity contribution is 5.90. The minimum atomic E-state index is -0.321. The average Bonchev–Trinajstić information content (AvgIpc) is 2.76. The van der Waals surface area contributed by atoms with Crippen LogP contribution < -0.4 is 10.2 Å². The summed E-state index contributed by atoms with van der Waals surface area (Å²) in [4.78, 5) is 13.8. The fraction of sp³-hybridized carbons (Fsp3) is 0.533. The molecule has 2 saturated heterocycles. The van der Waals surface area contributed by atoms with Crippen molar-refractivity contribution in [2.24, 2.45) is 0 Å². The Hall–Kier alpha value is -1.55. The molecule has 1 spiro atoms. The first-order chi connectivity index (χ1) is 9.22. The number of hydrogen-bond acceptors (Lipinski definition) is 3. The van der Waals surface area contributed by atoms with Crippen LogP contribution in [0.3, 0.4) is 0 Å². The summed E-state index contributed by atoms with van der Waals surface area (Å²) < 4.78 is 5.64. The molecule has 0 aliphatic carbocycles. The lowest BCUT2D eigenvalue weighted by molar-refractivity contribution is 0.0366. The van der Waals surface area contributed by atoms with Crippen molar-refractivity contribution in [3.63, 3.8) is 0 Å². The molecule has 2 fully saturated rings. The number of hydrogen-bond donors (Lipinski definition) is 1. The molecule has 0 bridgehead atoms. The number of piperidine rings is 1. The highest BCUT2D eigenvalue weighted by atomic mass is 16.6. The first kappa shape index (κ1) is 12.5. The molecule has 2 heterocycles. The van der Waals surface area contributed by atoms with Crippen LogP contribution in [0.15, 0.2) is 24.3 Å². The average molecular weight is 260 g/mol. The van der Waals surface area contributed by atoms with Gasteiger partial charge < -0.3 is 10.1 Å². The van der Waals surface area contributed by atoms with Crippen molar-refractivity contribution in [1.29, 1.82) is 0 Å². The fourth-order valence-electron chi connectivity index (χ4n) is 2.90. The monoisotopic (exact) mass is 260 g/mol. The van der Waals surface area contributed by atoms with Crippen molar-refractivity contribution < 1.29 is 9.53 Å². The standard InChI is InChI=1S/C15H20N2O2/c1-2-12-4-6-13(7-5-12)17-11-15(19-14(17)18)8-3-9-16-10-15/h4-7,16H,2-3,8-11H2,1H3. The van der Waals surface area contributed by atoms with Gasteiger partial charge in [-0.05, 0) is 43.5 Å².